The Kier molecular flexibility index (Phi) is 6.81. The lowest BCUT2D eigenvalue weighted by Gasteiger charge is -2.20. The van der Waals surface area contributed by atoms with Crippen molar-refractivity contribution in [3.05, 3.63) is 30.1 Å². The van der Waals surface area contributed by atoms with Crippen molar-refractivity contribution in [3.8, 4) is 0 Å². The molecule has 1 aromatic rings. The van der Waals surface area contributed by atoms with E-state index in [4.69, 9.17) is 0 Å². The van der Waals surface area contributed by atoms with E-state index in [-0.39, 0.29) is 24.0 Å². The van der Waals surface area contributed by atoms with Gasteiger partial charge in [-0.15, -0.1) is 0 Å². The molecule has 0 aliphatic heterocycles. The normalized spacial score (nSPS) is 13.3. The number of para-hydroxylation sites is 1. The first-order valence-electron chi connectivity index (χ1n) is 7.10. The molecule has 0 radical (unpaired) electrons. The van der Waals surface area contributed by atoms with Crippen molar-refractivity contribution in [1.82, 2.24) is 5.32 Å². The van der Waals surface area contributed by atoms with Gasteiger partial charge in [0.25, 0.3) is 11.8 Å². The second-order valence-corrected chi connectivity index (χ2v) is 5.06. The van der Waals surface area contributed by atoms with Crippen molar-refractivity contribution >= 4 is 17.5 Å². The van der Waals surface area contributed by atoms with E-state index in [1.807, 2.05) is 6.92 Å². The monoisotopic (exact) mass is 296 g/mol. The molecule has 0 aliphatic rings. The van der Waals surface area contributed by atoms with Crippen LogP contribution >= 0.6 is 0 Å². The van der Waals surface area contributed by atoms with Gasteiger partial charge in [0.2, 0.25) is 0 Å². The Hall–Kier alpha value is -1.95. The number of halogens is 1. The molecule has 0 saturated carbocycles. The van der Waals surface area contributed by atoms with Gasteiger partial charge in [0.1, 0.15) is 5.82 Å². The molecule has 6 heteroatoms. The first-order chi connectivity index (χ1) is 9.95. The fourth-order valence-corrected chi connectivity index (χ4v) is 1.76. The summed E-state index contributed by atoms with van der Waals surface area (Å²) in [5.41, 5.74) is 0.151. The summed E-state index contributed by atoms with van der Waals surface area (Å²) in [6.45, 7) is 4.51. The number of anilines is 1. The van der Waals surface area contributed by atoms with Crippen LogP contribution in [0.15, 0.2) is 24.3 Å². The highest BCUT2D eigenvalue weighted by atomic mass is 19.1. The number of carbonyl (C=O) groups is 2. The van der Waals surface area contributed by atoms with Crippen LogP contribution in [0.5, 0.6) is 0 Å². The molecule has 0 fully saturated rings. The number of benzene rings is 1. The van der Waals surface area contributed by atoms with E-state index in [1.165, 1.54) is 12.1 Å². The number of hydrogen-bond donors (Lipinski definition) is 3. The molecule has 0 bridgehead atoms. The van der Waals surface area contributed by atoms with E-state index in [9.17, 15) is 14.0 Å². The third-order valence-corrected chi connectivity index (χ3v) is 3.28. The maximum absolute atomic E-state index is 13.5. The molecule has 0 aliphatic carbocycles. The summed E-state index contributed by atoms with van der Waals surface area (Å²) in [7, 11) is 1.76. The number of hydrogen-bond acceptors (Lipinski definition) is 2. The highest BCUT2D eigenvalue weighted by Crippen LogP contribution is 2.12. The molecule has 1 aromatic carbocycles. The predicted octanol–water partition coefficient (Wildman–Crippen LogP) is 0.194. The van der Waals surface area contributed by atoms with Crippen molar-refractivity contribution in [1.29, 1.82) is 0 Å². The van der Waals surface area contributed by atoms with E-state index < -0.39 is 11.9 Å². The summed E-state index contributed by atoms with van der Waals surface area (Å²) in [6.07, 6.45) is 0.869. The number of amides is 2. The third-order valence-electron chi connectivity index (χ3n) is 3.28. The van der Waals surface area contributed by atoms with Gasteiger partial charge in [-0.05, 0) is 25.5 Å². The highest BCUT2D eigenvalue weighted by Gasteiger charge is 2.24. The Labute approximate surface area is 124 Å². The van der Waals surface area contributed by atoms with Gasteiger partial charge in [0, 0.05) is 6.54 Å². The zero-order valence-electron chi connectivity index (χ0n) is 12.7. The molecule has 21 heavy (non-hydrogen) atoms. The van der Waals surface area contributed by atoms with Crippen molar-refractivity contribution in [2.75, 3.05) is 25.5 Å². The topological polar surface area (TPSA) is 62.6 Å². The smallest absolute Gasteiger partial charge is 0.282 e. The van der Waals surface area contributed by atoms with Crippen LogP contribution in [-0.4, -0.2) is 38.0 Å². The Balaban J connectivity index is 2.53. The summed E-state index contributed by atoms with van der Waals surface area (Å²) in [4.78, 5) is 24.4. The number of rotatable bonds is 7. The van der Waals surface area contributed by atoms with Gasteiger partial charge in [0.05, 0.1) is 12.7 Å². The molecule has 3 N–H and O–H groups in total. The molecule has 0 heterocycles. The molecule has 0 aromatic heterocycles. The van der Waals surface area contributed by atoms with Crippen LogP contribution in [0.25, 0.3) is 0 Å². The third kappa shape index (κ3) is 5.51. The number of likely N-dealkylation sites (N-methyl/N-ethyl adjacent to an activating group) is 1. The molecule has 2 amide bonds. The summed E-state index contributed by atoms with van der Waals surface area (Å²) in [5, 5.41) is 5.31. The lowest BCUT2D eigenvalue weighted by atomic mass is 10.2. The molecule has 116 valence electrons. The average Bonchev–Trinajstić information content (AvgIpc) is 2.46. The van der Waals surface area contributed by atoms with Crippen LogP contribution < -0.4 is 15.5 Å². The zero-order chi connectivity index (χ0) is 15.8. The maximum Gasteiger partial charge on any atom is 0.282 e. The molecule has 0 saturated heterocycles. The second-order valence-electron chi connectivity index (χ2n) is 5.06. The van der Waals surface area contributed by atoms with E-state index in [0.717, 1.165) is 11.3 Å². The highest BCUT2D eigenvalue weighted by molar-refractivity contribution is 5.93. The fourth-order valence-electron chi connectivity index (χ4n) is 1.76. The van der Waals surface area contributed by atoms with E-state index in [1.54, 1.807) is 26.1 Å². The summed E-state index contributed by atoms with van der Waals surface area (Å²) in [6, 6.07) is 5.54. The van der Waals surface area contributed by atoms with Crippen molar-refractivity contribution in [3.63, 3.8) is 0 Å². The van der Waals surface area contributed by atoms with Crippen molar-refractivity contribution < 1.29 is 18.9 Å². The van der Waals surface area contributed by atoms with Gasteiger partial charge < -0.3 is 15.5 Å². The van der Waals surface area contributed by atoms with Crippen LogP contribution in [0.4, 0.5) is 10.1 Å². The van der Waals surface area contributed by atoms with Gasteiger partial charge >= 0.3 is 0 Å². The Morgan fingerprint density at radius 2 is 2.00 bits per heavy atom. The Morgan fingerprint density at radius 3 is 2.62 bits per heavy atom. The lowest BCUT2D eigenvalue weighted by Crippen LogP contribution is -3.15. The standard InChI is InChI=1S/C15H22FN3O2/c1-4-9-17-14(20)10-19(3)11(2)15(21)18-13-8-6-5-7-12(13)16/h5-8,11H,4,9-10H2,1-3H3,(H,17,20)(H,18,21)/p+1/t11-/m1/s1. The molecule has 0 spiro atoms. The van der Waals surface area contributed by atoms with E-state index in [2.05, 4.69) is 10.6 Å². The van der Waals surface area contributed by atoms with Crippen LogP contribution in [0.2, 0.25) is 0 Å². The van der Waals surface area contributed by atoms with Gasteiger partial charge in [-0.2, -0.15) is 0 Å². The number of quaternary nitrogens is 1. The Morgan fingerprint density at radius 1 is 1.33 bits per heavy atom. The minimum Gasteiger partial charge on any atom is -0.351 e. The first kappa shape index (κ1) is 17.1. The first-order valence-corrected chi connectivity index (χ1v) is 7.10. The molecule has 1 rings (SSSR count). The summed E-state index contributed by atoms with van der Waals surface area (Å²) < 4.78 is 13.5. The van der Waals surface area contributed by atoms with Crippen LogP contribution in [-0.2, 0) is 9.59 Å². The van der Waals surface area contributed by atoms with Crippen molar-refractivity contribution in [2.24, 2.45) is 0 Å². The average molecular weight is 296 g/mol. The lowest BCUT2D eigenvalue weighted by molar-refractivity contribution is -0.885. The minimum atomic E-state index is -0.476. The van der Waals surface area contributed by atoms with Gasteiger partial charge in [-0.1, -0.05) is 19.1 Å². The van der Waals surface area contributed by atoms with Crippen LogP contribution in [0.3, 0.4) is 0 Å². The SMILES string of the molecule is CCCNC(=O)C[NH+](C)[C@H](C)C(=O)Nc1ccccc1F. The summed E-state index contributed by atoms with van der Waals surface area (Å²) >= 11 is 0. The van der Waals surface area contributed by atoms with Gasteiger partial charge in [-0.3, -0.25) is 9.59 Å². The van der Waals surface area contributed by atoms with Gasteiger partial charge in [0.15, 0.2) is 12.6 Å². The molecule has 1 unspecified atom stereocenters. The zero-order valence-corrected chi connectivity index (χ0v) is 12.7. The predicted molar refractivity (Wildman–Crippen MR) is 79.5 cm³/mol. The Bertz CT molecular complexity index is 494. The summed E-state index contributed by atoms with van der Waals surface area (Å²) in [5.74, 6) is -0.892. The molecule has 2 atom stereocenters. The largest absolute Gasteiger partial charge is 0.351 e. The molecule has 5 nitrogen and oxygen atoms in total. The number of carbonyl (C=O) groups excluding carboxylic acids is 2. The molecular formula is C15H23FN3O2+. The van der Waals surface area contributed by atoms with Crippen LogP contribution in [0.1, 0.15) is 20.3 Å². The van der Waals surface area contributed by atoms with E-state index >= 15 is 0 Å². The van der Waals surface area contributed by atoms with Gasteiger partial charge in [-0.25, -0.2) is 4.39 Å². The fraction of sp³-hybridized carbons (Fsp3) is 0.467. The maximum atomic E-state index is 13.5. The van der Waals surface area contributed by atoms with Crippen LogP contribution in [0, 0.1) is 5.82 Å². The number of nitrogens with one attached hydrogen (secondary N) is 3. The minimum absolute atomic E-state index is 0.0973. The van der Waals surface area contributed by atoms with Crippen molar-refractivity contribution in [2.45, 2.75) is 26.3 Å². The quantitative estimate of drug-likeness (QED) is 0.673. The second kappa shape index (κ2) is 8.36. The molecular weight excluding hydrogens is 273 g/mol. The van der Waals surface area contributed by atoms with E-state index in [0.29, 0.717) is 6.54 Å².